The Morgan fingerprint density at radius 3 is 2.58 bits per heavy atom. The molecule has 2 N–H and O–H groups in total. The molecule has 0 radical (unpaired) electrons. The van der Waals surface area contributed by atoms with Crippen LogP contribution in [-0.2, 0) is 22.6 Å². The molecule has 2 heterocycles. The van der Waals surface area contributed by atoms with Crippen LogP contribution in [0, 0.1) is 0 Å². The van der Waals surface area contributed by atoms with Crippen LogP contribution in [0.4, 0.5) is 5.82 Å². The summed E-state index contributed by atoms with van der Waals surface area (Å²) in [6, 6.07) is 19.8. The van der Waals surface area contributed by atoms with E-state index in [9.17, 15) is 4.79 Å². The predicted molar refractivity (Wildman–Crippen MR) is 139 cm³/mol. The Hall–Kier alpha value is -4.33. The van der Waals surface area contributed by atoms with Crippen LogP contribution >= 0.6 is 0 Å². The van der Waals surface area contributed by atoms with E-state index < -0.39 is 0 Å². The number of nitrogens with zero attached hydrogens (tertiary/aromatic N) is 3. The summed E-state index contributed by atoms with van der Waals surface area (Å²) in [6.07, 6.45) is 0.157. The minimum absolute atomic E-state index is 0.157. The van der Waals surface area contributed by atoms with Gasteiger partial charge in [0.15, 0.2) is 11.4 Å². The van der Waals surface area contributed by atoms with Gasteiger partial charge < -0.3 is 19.7 Å². The van der Waals surface area contributed by atoms with E-state index in [1.54, 1.807) is 6.92 Å². The maximum atomic E-state index is 12.0. The Morgan fingerprint density at radius 1 is 1.06 bits per heavy atom. The average molecular weight is 485 g/mol. The molecular formula is C28H28N4O4. The third kappa shape index (κ3) is 4.49. The van der Waals surface area contributed by atoms with E-state index in [0.29, 0.717) is 23.8 Å². The summed E-state index contributed by atoms with van der Waals surface area (Å²) < 4.78 is 18.5. The predicted octanol–water partition coefficient (Wildman–Crippen LogP) is 5.69. The van der Waals surface area contributed by atoms with Crippen LogP contribution < -0.4 is 10.5 Å². The first-order chi connectivity index (χ1) is 17.4. The molecule has 0 saturated heterocycles. The number of carbonyl (C=O) groups is 1. The number of esters is 1. The molecule has 0 aliphatic carbocycles. The molecule has 184 valence electrons. The standard InChI is InChI=1S/C28H28N4O4/c1-4-34-27(33)15-20-7-5-6-8-25(20)35-16-23-21-13-18(9-11-24(21)32(30-23)17(2)3)19-10-12-26-22(14-19)28(29)31-36-26/h5-14,17H,4,15-16H2,1-3H3,(H2,29,31). The molecule has 36 heavy (non-hydrogen) atoms. The number of carbonyl (C=O) groups excluding carboxylic acids is 1. The Bertz CT molecular complexity index is 1550. The summed E-state index contributed by atoms with van der Waals surface area (Å²) in [5.74, 6) is 0.733. The van der Waals surface area contributed by atoms with E-state index in [-0.39, 0.29) is 25.0 Å². The monoisotopic (exact) mass is 484 g/mol. The number of nitrogen functional groups attached to an aromatic ring is 1. The summed E-state index contributed by atoms with van der Waals surface area (Å²) in [5.41, 5.74) is 11.3. The highest BCUT2D eigenvalue weighted by Gasteiger charge is 2.16. The average Bonchev–Trinajstić information content (AvgIpc) is 3.43. The number of benzene rings is 3. The zero-order valence-corrected chi connectivity index (χ0v) is 20.5. The lowest BCUT2D eigenvalue weighted by Crippen LogP contribution is -2.09. The first-order valence-corrected chi connectivity index (χ1v) is 12.0. The Labute approximate surface area is 208 Å². The fourth-order valence-electron chi connectivity index (χ4n) is 4.33. The third-order valence-electron chi connectivity index (χ3n) is 6.08. The van der Waals surface area contributed by atoms with Crippen molar-refractivity contribution in [2.45, 2.75) is 39.8 Å². The summed E-state index contributed by atoms with van der Waals surface area (Å²) in [4.78, 5) is 12.0. The molecule has 0 spiro atoms. The second-order valence-electron chi connectivity index (χ2n) is 8.87. The van der Waals surface area contributed by atoms with E-state index in [1.807, 2.05) is 47.1 Å². The van der Waals surface area contributed by atoms with Crippen LogP contribution in [-0.4, -0.2) is 27.5 Å². The number of aromatic nitrogens is 3. The Morgan fingerprint density at radius 2 is 1.81 bits per heavy atom. The molecule has 5 rings (SSSR count). The lowest BCUT2D eigenvalue weighted by Gasteiger charge is -2.10. The smallest absolute Gasteiger partial charge is 0.310 e. The van der Waals surface area contributed by atoms with Crippen molar-refractivity contribution in [2.24, 2.45) is 0 Å². The number of rotatable bonds is 8. The van der Waals surface area contributed by atoms with Gasteiger partial charge in [-0.05, 0) is 62.2 Å². The van der Waals surface area contributed by atoms with E-state index >= 15 is 0 Å². The van der Waals surface area contributed by atoms with Gasteiger partial charge in [-0.25, -0.2) is 0 Å². The van der Waals surface area contributed by atoms with Gasteiger partial charge in [0, 0.05) is 17.0 Å². The fraction of sp³-hybridized carbons (Fsp3) is 0.250. The SMILES string of the molecule is CCOC(=O)Cc1ccccc1OCc1nn(C(C)C)c2ccc(-c3ccc4onc(N)c4c3)cc12. The van der Waals surface area contributed by atoms with Gasteiger partial charge in [0.2, 0.25) is 0 Å². The molecule has 0 aliphatic heterocycles. The van der Waals surface area contributed by atoms with Crippen molar-refractivity contribution in [3.8, 4) is 16.9 Å². The van der Waals surface area contributed by atoms with Gasteiger partial charge in [-0.2, -0.15) is 5.10 Å². The summed E-state index contributed by atoms with van der Waals surface area (Å²) in [5, 5.41) is 10.5. The van der Waals surface area contributed by atoms with E-state index in [4.69, 9.17) is 24.8 Å². The van der Waals surface area contributed by atoms with Crippen molar-refractivity contribution in [1.29, 1.82) is 0 Å². The normalized spacial score (nSPS) is 11.4. The molecular weight excluding hydrogens is 456 g/mol. The number of para-hydroxylation sites is 1. The van der Waals surface area contributed by atoms with Crippen molar-refractivity contribution in [3.05, 3.63) is 71.9 Å². The highest BCUT2D eigenvalue weighted by Crippen LogP contribution is 2.32. The van der Waals surface area contributed by atoms with Gasteiger partial charge in [-0.1, -0.05) is 35.5 Å². The molecule has 8 nitrogen and oxygen atoms in total. The molecule has 0 unspecified atom stereocenters. The summed E-state index contributed by atoms with van der Waals surface area (Å²) in [6.45, 7) is 6.60. The van der Waals surface area contributed by atoms with Crippen LogP contribution in [0.1, 0.15) is 38.1 Å². The molecule has 0 fully saturated rings. The van der Waals surface area contributed by atoms with Gasteiger partial charge in [0.05, 0.1) is 23.9 Å². The second kappa shape index (κ2) is 9.73. The Balaban J connectivity index is 1.49. The lowest BCUT2D eigenvalue weighted by molar-refractivity contribution is -0.142. The van der Waals surface area contributed by atoms with Crippen LogP contribution in [0.15, 0.2) is 65.2 Å². The molecule has 8 heteroatoms. The minimum Gasteiger partial charge on any atom is -0.487 e. The largest absolute Gasteiger partial charge is 0.487 e. The van der Waals surface area contributed by atoms with Gasteiger partial charge in [-0.3, -0.25) is 9.48 Å². The molecule has 0 saturated carbocycles. The van der Waals surface area contributed by atoms with Crippen LogP contribution in [0.5, 0.6) is 5.75 Å². The lowest BCUT2D eigenvalue weighted by atomic mass is 10.0. The van der Waals surface area contributed by atoms with Crippen molar-refractivity contribution in [3.63, 3.8) is 0 Å². The van der Waals surface area contributed by atoms with Gasteiger partial charge in [-0.15, -0.1) is 0 Å². The van der Waals surface area contributed by atoms with E-state index in [0.717, 1.165) is 38.7 Å². The third-order valence-corrected chi connectivity index (χ3v) is 6.08. The highest BCUT2D eigenvalue weighted by molar-refractivity contribution is 5.93. The number of hydrogen-bond acceptors (Lipinski definition) is 7. The maximum absolute atomic E-state index is 12.0. The zero-order valence-electron chi connectivity index (χ0n) is 20.5. The molecule has 0 bridgehead atoms. The fourth-order valence-corrected chi connectivity index (χ4v) is 4.33. The first-order valence-electron chi connectivity index (χ1n) is 12.0. The molecule has 5 aromatic rings. The quantitative estimate of drug-likeness (QED) is 0.282. The van der Waals surface area contributed by atoms with Gasteiger partial charge >= 0.3 is 5.97 Å². The first kappa shape index (κ1) is 23.4. The van der Waals surface area contributed by atoms with Crippen molar-refractivity contribution >= 4 is 33.7 Å². The second-order valence-corrected chi connectivity index (χ2v) is 8.87. The maximum Gasteiger partial charge on any atom is 0.310 e. The molecule has 2 aromatic heterocycles. The van der Waals surface area contributed by atoms with Gasteiger partial charge in [0.25, 0.3) is 0 Å². The summed E-state index contributed by atoms with van der Waals surface area (Å²) >= 11 is 0. The van der Waals surface area contributed by atoms with E-state index in [1.165, 1.54) is 0 Å². The molecule has 0 aliphatic rings. The van der Waals surface area contributed by atoms with E-state index in [2.05, 4.69) is 37.2 Å². The topological polar surface area (TPSA) is 105 Å². The van der Waals surface area contributed by atoms with Crippen molar-refractivity contribution in [2.75, 3.05) is 12.3 Å². The highest BCUT2D eigenvalue weighted by atomic mass is 16.5. The Kier molecular flexibility index (Phi) is 6.33. The number of ether oxygens (including phenoxy) is 2. The molecule has 0 atom stereocenters. The minimum atomic E-state index is -0.279. The van der Waals surface area contributed by atoms with Gasteiger partial charge in [0.1, 0.15) is 18.1 Å². The van der Waals surface area contributed by atoms with Crippen molar-refractivity contribution in [1.82, 2.24) is 14.9 Å². The van der Waals surface area contributed by atoms with Crippen molar-refractivity contribution < 1.29 is 18.8 Å². The van der Waals surface area contributed by atoms with Crippen LogP contribution in [0.2, 0.25) is 0 Å². The van der Waals surface area contributed by atoms with Crippen LogP contribution in [0.3, 0.4) is 0 Å². The van der Waals surface area contributed by atoms with Crippen LogP contribution in [0.25, 0.3) is 33.0 Å². The molecule has 3 aromatic carbocycles. The number of hydrogen-bond donors (Lipinski definition) is 1. The number of nitrogens with two attached hydrogens (primary N) is 1. The zero-order chi connectivity index (χ0) is 25.2. The molecule has 0 amide bonds. The number of anilines is 1. The summed E-state index contributed by atoms with van der Waals surface area (Å²) in [7, 11) is 0. The number of fused-ring (bicyclic) bond motifs is 2.